The molecule has 0 spiro atoms. The summed E-state index contributed by atoms with van der Waals surface area (Å²) in [5.41, 5.74) is 3.06. The average Bonchev–Trinajstić information content (AvgIpc) is 3.08. The molecule has 0 bridgehead atoms. The van der Waals surface area contributed by atoms with Crippen LogP contribution in [0.25, 0.3) is 0 Å². The first kappa shape index (κ1) is 20.2. The lowest BCUT2D eigenvalue weighted by Gasteiger charge is -2.16. The van der Waals surface area contributed by atoms with Gasteiger partial charge in [0.1, 0.15) is 5.75 Å². The van der Waals surface area contributed by atoms with Crippen LogP contribution in [0.15, 0.2) is 42.5 Å². The number of ether oxygens (including phenoxy) is 1. The molecule has 0 aromatic heterocycles. The van der Waals surface area contributed by atoms with Crippen LogP contribution < -0.4 is 14.4 Å². The molecule has 28 heavy (non-hydrogen) atoms. The van der Waals surface area contributed by atoms with Gasteiger partial charge in [0, 0.05) is 18.7 Å². The summed E-state index contributed by atoms with van der Waals surface area (Å²) >= 11 is 0. The lowest BCUT2D eigenvalue weighted by Crippen LogP contribution is -2.27. The molecule has 3 rings (SSSR count). The number of anilines is 1. The van der Waals surface area contributed by atoms with E-state index < -0.39 is 10.0 Å². The Morgan fingerprint density at radius 1 is 1.18 bits per heavy atom. The molecule has 6 nitrogen and oxygen atoms in total. The summed E-state index contributed by atoms with van der Waals surface area (Å²) < 4.78 is 30.7. The van der Waals surface area contributed by atoms with E-state index in [-0.39, 0.29) is 5.91 Å². The largest absolute Gasteiger partial charge is 0.493 e. The molecular weight excluding hydrogens is 376 g/mol. The fourth-order valence-corrected chi connectivity index (χ4v) is 4.07. The van der Waals surface area contributed by atoms with Crippen LogP contribution in [0.1, 0.15) is 35.3 Å². The number of nitrogens with one attached hydrogen (secondary N) is 1. The second-order valence-electron chi connectivity index (χ2n) is 7.46. The topological polar surface area (TPSA) is 75.7 Å². The number of nitrogens with zero attached hydrogens (tertiary/aromatic N) is 1. The first-order valence-electron chi connectivity index (χ1n) is 9.34. The van der Waals surface area contributed by atoms with Crippen molar-refractivity contribution in [3.05, 3.63) is 59.2 Å². The summed E-state index contributed by atoms with van der Waals surface area (Å²) in [7, 11) is -3.29. The molecule has 1 aliphatic rings. The van der Waals surface area contributed by atoms with E-state index in [0.717, 1.165) is 16.9 Å². The van der Waals surface area contributed by atoms with Crippen LogP contribution in [0.5, 0.6) is 5.75 Å². The summed E-state index contributed by atoms with van der Waals surface area (Å²) in [6.07, 6.45) is 1.81. The molecule has 1 heterocycles. The molecule has 0 radical (unpaired) electrons. The van der Waals surface area contributed by atoms with Crippen molar-refractivity contribution in [3.8, 4) is 5.75 Å². The Morgan fingerprint density at radius 2 is 1.89 bits per heavy atom. The van der Waals surface area contributed by atoms with Crippen LogP contribution in [0, 0.1) is 5.92 Å². The van der Waals surface area contributed by atoms with Gasteiger partial charge < -0.3 is 10.1 Å². The van der Waals surface area contributed by atoms with E-state index >= 15 is 0 Å². The van der Waals surface area contributed by atoms with Gasteiger partial charge in [0.2, 0.25) is 10.0 Å². The molecule has 1 aliphatic heterocycles. The van der Waals surface area contributed by atoms with Crippen LogP contribution in [0.4, 0.5) is 5.69 Å². The average molecular weight is 403 g/mol. The predicted molar refractivity (Wildman–Crippen MR) is 110 cm³/mol. The van der Waals surface area contributed by atoms with E-state index in [1.54, 1.807) is 18.2 Å². The van der Waals surface area contributed by atoms with Crippen molar-refractivity contribution in [2.24, 2.45) is 5.92 Å². The number of hydrogen-bond donors (Lipinski definition) is 1. The standard InChI is InChI=1S/C21H26N2O4S/c1-15(2)14-27-19-7-4-16(5-8-19)13-22-21(24)18-6-9-20-17(12-18)10-11-23(20)28(3,25)26/h4-9,12,15H,10-11,13-14H2,1-3H3,(H,22,24). The van der Waals surface area contributed by atoms with E-state index in [0.29, 0.717) is 43.3 Å². The zero-order chi connectivity index (χ0) is 20.3. The number of sulfonamides is 1. The van der Waals surface area contributed by atoms with Crippen molar-refractivity contribution in [1.82, 2.24) is 5.32 Å². The molecule has 7 heteroatoms. The van der Waals surface area contributed by atoms with Crippen LogP contribution >= 0.6 is 0 Å². The highest BCUT2D eigenvalue weighted by molar-refractivity contribution is 7.92. The van der Waals surface area contributed by atoms with Crippen LogP contribution in [0.2, 0.25) is 0 Å². The third-order valence-electron chi connectivity index (χ3n) is 4.55. The van der Waals surface area contributed by atoms with Gasteiger partial charge in [-0.2, -0.15) is 0 Å². The lowest BCUT2D eigenvalue weighted by molar-refractivity contribution is 0.0951. The Balaban J connectivity index is 1.60. The normalized spacial score (nSPS) is 13.5. The van der Waals surface area contributed by atoms with Crippen LogP contribution in [-0.4, -0.2) is 33.7 Å². The van der Waals surface area contributed by atoms with E-state index in [4.69, 9.17) is 4.74 Å². The number of hydrogen-bond acceptors (Lipinski definition) is 4. The van der Waals surface area contributed by atoms with Gasteiger partial charge in [0.25, 0.3) is 5.91 Å². The molecule has 0 atom stereocenters. The van der Waals surface area contributed by atoms with Crippen molar-refractivity contribution in [2.45, 2.75) is 26.8 Å². The highest BCUT2D eigenvalue weighted by Crippen LogP contribution is 2.30. The molecule has 0 fully saturated rings. The van der Waals surface area contributed by atoms with Crippen molar-refractivity contribution in [3.63, 3.8) is 0 Å². The predicted octanol–water partition coefficient (Wildman–Crippen LogP) is 2.97. The van der Waals surface area contributed by atoms with Gasteiger partial charge in [-0.05, 0) is 53.8 Å². The van der Waals surface area contributed by atoms with Gasteiger partial charge in [-0.1, -0.05) is 26.0 Å². The minimum Gasteiger partial charge on any atom is -0.493 e. The Hall–Kier alpha value is -2.54. The number of benzene rings is 2. The summed E-state index contributed by atoms with van der Waals surface area (Å²) in [5.74, 6) is 1.11. The number of carbonyl (C=O) groups is 1. The minimum absolute atomic E-state index is 0.180. The van der Waals surface area contributed by atoms with Gasteiger partial charge in [-0.15, -0.1) is 0 Å². The van der Waals surface area contributed by atoms with Gasteiger partial charge in [-0.25, -0.2) is 8.42 Å². The van der Waals surface area contributed by atoms with E-state index in [2.05, 4.69) is 19.2 Å². The van der Waals surface area contributed by atoms with Gasteiger partial charge in [-0.3, -0.25) is 9.10 Å². The fraction of sp³-hybridized carbons (Fsp3) is 0.381. The maximum absolute atomic E-state index is 12.5. The summed E-state index contributed by atoms with van der Waals surface area (Å²) in [6.45, 7) is 5.70. The maximum atomic E-state index is 12.5. The molecule has 0 aliphatic carbocycles. The van der Waals surface area contributed by atoms with Crippen molar-refractivity contribution < 1.29 is 17.9 Å². The van der Waals surface area contributed by atoms with E-state index in [9.17, 15) is 13.2 Å². The molecule has 2 aromatic rings. The molecule has 0 saturated carbocycles. The molecule has 150 valence electrons. The Bertz CT molecular complexity index is 953. The van der Waals surface area contributed by atoms with E-state index in [1.807, 2.05) is 24.3 Å². The molecule has 1 amide bonds. The van der Waals surface area contributed by atoms with Crippen molar-refractivity contribution in [1.29, 1.82) is 0 Å². The van der Waals surface area contributed by atoms with Gasteiger partial charge in [0.15, 0.2) is 0 Å². The zero-order valence-electron chi connectivity index (χ0n) is 16.4. The number of fused-ring (bicyclic) bond motifs is 1. The quantitative estimate of drug-likeness (QED) is 0.773. The van der Waals surface area contributed by atoms with Crippen LogP contribution in [-0.2, 0) is 23.0 Å². The summed E-state index contributed by atoms with van der Waals surface area (Å²) in [5, 5.41) is 2.91. The van der Waals surface area contributed by atoms with Gasteiger partial charge in [0.05, 0.1) is 18.6 Å². The SMILES string of the molecule is CC(C)COc1ccc(CNC(=O)c2ccc3c(c2)CCN3S(C)(=O)=O)cc1. The first-order chi connectivity index (χ1) is 13.2. The first-order valence-corrected chi connectivity index (χ1v) is 11.2. The van der Waals surface area contributed by atoms with Crippen molar-refractivity contribution in [2.75, 3.05) is 23.7 Å². The van der Waals surface area contributed by atoms with Gasteiger partial charge >= 0.3 is 0 Å². The fourth-order valence-electron chi connectivity index (χ4n) is 3.11. The Labute approximate surface area is 166 Å². The molecule has 0 saturated heterocycles. The smallest absolute Gasteiger partial charge is 0.251 e. The number of amides is 1. The molecule has 0 unspecified atom stereocenters. The Morgan fingerprint density at radius 3 is 2.54 bits per heavy atom. The third-order valence-corrected chi connectivity index (χ3v) is 5.73. The van der Waals surface area contributed by atoms with Crippen LogP contribution in [0.3, 0.4) is 0 Å². The molecule has 2 aromatic carbocycles. The second kappa shape index (κ2) is 8.22. The monoisotopic (exact) mass is 402 g/mol. The minimum atomic E-state index is -3.29. The third kappa shape index (κ3) is 4.84. The number of carbonyl (C=O) groups excluding carboxylic acids is 1. The maximum Gasteiger partial charge on any atom is 0.251 e. The highest BCUT2D eigenvalue weighted by Gasteiger charge is 2.26. The number of rotatable bonds is 7. The Kier molecular flexibility index (Phi) is 5.93. The summed E-state index contributed by atoms with van der Waals surface area (Å²) in [4.78, 5) is 12.5. The highest BCUT2D eigenvalue weighted by atomic mass is 32.2. The van der Waals surface area contributed by atoms with Crippen molar-refractivity contribution >= 4 is 21.6 Å². The summed E-state index contributed by atoms with van der Waals surface area (Å²) in [6, 6.07) is 12.8. The molecule has 1 N–H and O–H groups in total. The molecular formula is C21H26N2O4S. The lowest BCUT2D eigenvalue weighted by atomic mass is 10.1. The van der Waals surface area contributed by atoms with E-state index in [1.165, 1.54) is 10.6 Å². The second-order valence-corrected chi connectivity index (χ2v) is 9.37. The zero-order valence-corrected chi connectivity index (χ0v) is 17.3.